The van der Waals surface area contributed by atoms with Gasteiger partial charge in [-0.1, -0.05) is 12.1 Å². The number of benzene rings is 1. The topological polar surface area (TPSA) is 64.7 Å². The summed E-state index contributed by atoms with van der Waals surface area (Å²) in [6.45, 7) is 8.96. The lowest BCUT2D eigenvalue weighted by atomic mass is 9.78. The Balaban J connectivity index is 1.33. The van der Waals surface area contributed by atoms with E-state index in [9.17, 15) is 9.59 Å². The predicted octanol–water partition coefficient (Wildman–Crippen LogP) is 4.12. The van der Waals surface area contributed by atoms with Crippen LogP contribution >= 0.6 is 23.6 Å². The Labute approximate surface area is 211 Å². The van der Waals surface area contributed by atoms with Gasteiger partial charge in [-0.2, -0.15) is 0 Å². The van der Waals surface area contributed by atoms with Crippen LogP contribution in [-0.4, -0.2) is 58.9 Å². The van der Waals surface area contributed by atoms with Crippen molar-refractivity contribution in [2.24, 2.45) is 5.41 Å². The van der Waals surface area contributed by atoms with E-state index in [4.69, 9.17) is 12.2 Å². The van der Waals surface area contributed by atoms with Crippen LogP contribution in [0.4, 0.5) is 5.69 Å². The molecule has 3 heterocycles. The minimum Gasteiger partial charge on any atom is -0.349 e. The summed E-state index contributed by atoms with van der Waals surface area (Å²) < 4.78 is 0. The van der Waals surface area contributed by atoms with Crippen molar-refractivity contribution in [2.45, 2.75) is 52.5 Å². The van der Waals surface area contributed by atoms with Gasteiger partial charge in [-0.25, -0.2) is 0 Å². The summed E-state index contributed by atoms with van der Waals surface area (Å²) in [5.74, 6) is -0.128. The highest BCUT2D eigenvalue weighted by Gasteiger charge is 2.43. The van der Waals surface area contributed by atoms with Crippen LogP contribution in [0.5, 0.6) is 0 Å². The molecule has 1 atom stereocenters. The zero-order chi connectivity index (χ0) is 24.3. The molecule has 34 heavy (non-hydrogen) atoms. The van der Waals surface area contributed by atoms with E-state index in [2.05, 4.69) is 47.6 Å². The van der Waals surface area contributed by atoms with Crippen LogP contribution in [0.15, 0.2) is 35.7 Å². The minimum atomic E-state index is -0.499. The lowest BCUT2D eigenvalue weighted by Crippen LogP contribution is -2.50. The van der Waals surface area contributed by atoms with Gasteiger partial charge in [-0.15, -0.1) is 11.3 Å². The second-order valence-electron chi connectivity index (χ2n) is 9.84. The summed E-state index contributed by atoms with van der Waals surface area (Å²) in [5, 5.41) is 9.06. The Morgan fingerprint density at radius 3 is 2.32 bits per heavy atom. The molecule has 2 aliphatic heterocycles. The summed E-state index contributed by atoms with van der Waals surface area (Å²) in [6.07, 6.45) is 3.59. The largest absolute Gasteiger partial charge is 0.349 e. The van der Waals surface area contributed by atoms with Crippen molar-refractivity contribution in [1.29, 1.82) is 0 Å². The summed E-state index contributed by atoms with van der Waals surface area (Å²) in [6, 6.07) is 9.89. The van der Waals surface area contributed by atoms with E-state index in [1.807, 2.05) is 22.4 Å². The Morgan fingerprint density at radius 1 is 1.09 bits per heavy atom. The number of amides is 2. The molecule has 2 saturated heterocycles. The van der Waals surface area contributed by atoms with Crippen LogP contribution in [0.2, 0.25) is 0 Å². The van der Waals surface area contributed by atoms with E-state index in [-0.39, 0.29) is 17.2 Å². The van der Waals surface area contributed by atoms with E-state index < -0.39 is 6.04 Å². The number of carbonyl (C=O) groups is 2. The fraction of sp³-hybridized carbons (Fsp3) is 0.500. The van der Waals surface area contributed by atoms with Crippen molar-refractivity contribution in [2.75, 3.05) is 31.5 Å². The number of nitrogens with zero attached hydrogens (tertiary/aromatic N) is 2. The summed E-state index contributed by atoms with van der Waals surface area (Å²) >= 11 is 7.33. The Bertz CT molecular complexity index is 1020. The molecular weight excluding hydrogens is 464 g/mol. The molecule has 0 unspecified atom stereocenters. The van der Waals surface area contributed by atoms with Crippen molar-refractivity contribution in [3.05, 3.63) is 51.7 Å². The highest BCUT2D eigenvalue weighted by molar-refractivity contribution is 7.80. The van der Waals surface area contributed by atoms with Gasteiger partial charge in [0, 0.05) is 50.1 Å². The second kappa shape index (κ2) is 10.4. The number of piperidine rings is 1. The van der Waals surface area contributed by atoms with Crippen LogP contribution in [0.1, 0.15) is 42.2 Å². The van der Waals surface area contributed by atoms with E-state index in [0.717, 1.165) is 61.1 Å². The third-order valence-electron chi connectivity index (χ3n) is 7.00. The highest BCUT2D eigenvalue weighted by Crippen LogP contribution is 2.40. The van der Waals surface area contributed by atoms with Gasteiger partial charge < -0.3 is 20.4 Å². The number of hydrogen-bond donors (Lipinski definition) is 2. The van der Waals surface area contributed by atoms with Crippen molar-refractivity contribution >= 4 is 46.2 Å². The molecule has 2 aliphatic rings. The zero-order valence-electron chi connectivity index (χ0n) is 20.2. The Kier molecular flexibility index (Phi) is 7.57. The summed E-state index contributed by atoms with van der Waals surface area (Å²) in [5.41, 5.74) is 3.62. The third kappa shape index (κ3) is 5.96. The number of nitrogens with one attached hydrogen (secondary N) is 2. The lowest BCUT2D eigenvalue weighted by Gasteiger charge is -2.40. The van der Waals surface area contributed by atoms with Gasteiger partial charge in [0.05, 0.1) is 0 Å². The van der Waals surface area contributed by atoms with Crippen molar-refractivity contribution in [1.82, 2.24) is 15.1 Å². The fourth-order valence-corrected chi connectivity index (χ4v) is 6.31. The van der Waals surface area contributed by atoms with Crippen LogP contribution in [-0.2, 0) is 16.0 Å². The van der Waals surface area contributed by atoms with Gasteiger partial charge in [0.25, 0.3) is 0 Å². The number of aryl methyl sites for hydroxylation is 2. The van der Waals surface area contributed by atoms with Gasteiger partial charge in [0.15, 0.2) is 5.11 Å². The van der Waals surface area contributed by atoms with E-state index in [0.29, 0.717) is 6.42 Å². The highest BCUT2D eigenvalue weighted by atomic mass is 32.1. The molecule has 2 amide bonds. The van der Waals surface area contributed by atoms with Gasteiger partial charge >= 0.3 is 0 Å². The molecule has 1 aromatic heterocycles. The average Bonchev–Trinajstić information content (AvgIpc) is 3.43. The normalized spacial score (nSPS) is 18.1. The lowest BCUT2D eigenvalue weighted by molar-refractivity contribution is -0.135. The molecule has 2 N–H and O–H groups in total. The minimum absolute atomic E-state index is 0.0370. The smallest absolute Gasteiger partial charge is 0.245 e. The number of anilines is 1. The SMILES string of the molecule is CC(=O)N[C@@H](Cc1cccs1)C(=O)N1CCC2(CCN(C(=S)Nc3cc(C)cc(C)c3)CC2)C1. The first-order valence-corrected chi connectivity index (χ1v) is 13.2. The number of thiophene rings is 1. The molecule has 1 spiro atoms. The molecule has 2 fully saturated rings. The molecule has 0 saturated carbocycles. The number of rotatable bonds is 5. The van der Waals surface area contributed by atoms with E-state index in [1.54, 1.807) is 11.3 Å². The summed E-state index contributed by atoms with van der Waals surface area (Å²) in [4.78, 5) is 30.4. The maximum Gasteiger partial charge on any atom is 0.245 e. The first kappa shape index (κ1) is 24.7. The van der Waals surface area contributed by atoms with Gasteiger partial charge in [-0.05, 0) is 85.4 Å². The molecule has 0 radical (unpaired) electrons. The first-order valence-electron chi connectivity index (χ1n) is 12.0. The molecule has 4 rings (SSSR count). The summed E-state index contributed by atoms with van der Waals surface area (Å²) in [7, 11) is 0. The zero-order valence-corrected chi connectivity index (χ0v) is 21.9. The first-order chi connectivity index (χ1) is 16.2. The van der Waals surface area contributed by atoms with Gasteiger partial charge in [0.1, 0.15) is 6.04 Å². The maximum atomic E-state index is 13.3. The van der Waals surface area contributed by atoms with Crippen molar-refractivity contribution < 1.29 is 9.59 Å². The third-order valence-corrected chi connectivity index (χ3v) is 8.25. The monoisotopic (exact) mass is 498 g/mol. The number of likely N-dealkylation sites (tertiary alicyclic amines) is 2. The van der Waals surface area contributed by atoms with Crippen molar-refractivity contribution in [3.8, 4) is 0 Å². The Morgan fingerprint density at radius 2 is 1.74 bits per heavy atom. The average molecular weight is 499 g/mol. The van der Waals surface area contributed by atoms with Crippen LogP contribution in [0.25, 0.3) is 0 Å². The molecule has 0 aliphatic carbocycles. The van der Waals surface area contributed by atoms with Crippen LogP contribution < -0.4 is 10.6 Å². The quantitative estimate of drug-likeness (QED) is 0.607. The molecule has 1 aromatic carbocycles. The van der Waals surface area contributed by atoms with E-state index in [1.165, 1.54) is 18.1 Å². The number of hydrogen-bond acceptors (Lipinski definition) is 4. The Hall–Kier alpha value is -2.45. The molecule has 2 aromatic rings. The standard InChI is InChI=1S/C26H34N4O2S2/c1-18-13-19(2)15-21(14-18)28-25(33)29-9-6-26(7-10-29)8-11-30(17-26)24(32)23(27-20(3)31)16-22-5-4-12-34-22/h4-5,12-15,23H,6-11,16-17H2,1-3H3,(H,27,31)(H,28,33)/t23-/m0/s1. The van der Waals surface area contributed by atoms with Gasteiger partial charge in [-0.3, -0.25) is 9.59 Å². The fourth-order valence-electron chi connectivity index (χ4n) is 5.26. The van der Waals surface area contributed by atoms with Crippen molar-refractivity contribution in [3.63, 3.8) is 0 Å². The maximum absolute atomic E-state index is 13.3. The molecule has 182 valence electrons. The molecule has 8 heteroatoms. The van der Waals surface area contributed by atoms with Crippen LogP contribution in [0, 0.1) is 19.3 Å². The number of carbonyl (C=O) groups excluding carboxylic acids is 2. The van der Waals surface area contributed by atoms with Gasteiger partial charge in [0.2, 0.25) is 11.8 Å². The molecular formula is C26H34N4O2S2. The predicted molar refractivity (Wildman–Crippen MR) is 142 cm³/mol. The second-order valence-corrected chi connectivity index (χ2v) is 11.3. The number of thiocarbonyl (C=S) groups is 1. The molecule has 6 nitrogen and oxygen atoms in total. The molecule has 0 bridgehead atoms. The van der Waals surface area contributed by atoms with Crippen LogP contribution in [0.3, 0.4) is 0 Å². The van der Waals surface area contributed by atoms with E-state index >= 15 is 0 Å².